The standard InChI is InChI=1S/C21H31N3O5/c1-6-9-28-21(26)24-11-14(2)19(27-5)12-23(4)20(25)17-10-16(22)7-8-18(17)29-13-15(24)3/h6-8,10,14-15,19H,1,9,11-13,22H2,2-5H3/t14-,15-,19-/m0/s1. The lowest BCUT2D eigenvalue weighted by Gasteiger charge is -2.35. The molecule has 2 rings (SSSR count). The molecular formula is C21H31N3O5. The Bertz CT molecular complexity index is 739. The molecule has 1 aliphatic rings. The molecular weight excluding hydrogens is 374 g/mol. The minimum atomic E-state index is -0.443. The van der Waals surface area contributed by atoms with E-state index in [0.717, 1.165) is 0 Å². The maximum atomic E-state index is 13.0. The number of anilines is 1. The summed E-state index contributed by atoms with van der Waals surface area (Å²) in [6, 6.07) is 4.67. The van der Waals surface area contributed by atoms with E-state index < -0.39 is 6.09 Å². The third-order valence-corrected chi connectivity index (χ3v) is 5.03. The number of hydrogen-bond donors (Lipinski definition) is 1. The molecule has 0 spiro atoms. The SMILES string of the molecule is C=CCOC(=O)N1C[C@H](C)[C@@H](OC)CN(C)C(=O)c2cc(N)ccc2OC[C@@H]1C. The lowest BCUT2D eigenvalue weighted by molar-refractivity contribution is 0.00963. The molecule has 2 N–H and O–H groups in total. The van der Waals surface area contributed by atoms with Crippen LogP contribution in [0.15, 0.2) is 30.9 Å². The van der Waals surface area contributed by atoms with Crippen molar-refractivity contribution in [3.63, 3.8) is 0 Å². The fourth-order valence-electron chi connectivity index (χ4n) is 3.26. The molecule has 8 nitrogen and oxygen atoms in total. The number of carbonyl (C=O) groups excluding carboxylic acids is 2. The van der Waals surface area contributed by atoms with Crippen LogP contribution in [0.4, 0.5) is 10.5 Å². The highest BCUT2D eigenvalue weighted by molar-refractivity contribution is 5.97. The van der Waals surface area contributed by atoms with Gasteiger partial charge in [-0.1, -0.05) is 19.6 Å². The minimum absolute atomic E-state index is 0.0475. The third-order valence-electron chi connectivity index (χ3n) is 5.03. The van der Waals surface area contributed by atoms with Crippen LogP contribution in [-0.4, -0.2) is 74.4 Å². The van der Waals surface area contributed by atoms with Crippen LogP contribution in [0.2, 0.25) is 0 Å². The molecule has 29 heavy (non-hydrogen) atoms. The molecule has 0 saturated carbocycles. The van der Waals surface area contributed by atoms with E-state index in [1.54, 1.807) is 42.2 Å². The number of carbonyl (C=O) groups is 2. The van der Waals surface area contributed by atoms with Gasteiger partial charge in [0.15, 0.2) is 0 Å². The first-order valence-corrected chi connectivity index (χ1v) is 9.63. The summed E-state index contributed by atoms with van der Waals surface area (Å²) >= 11 is 0. The number of ether oxygens (including phenoxy) is 3. The van der Waals surface area contributed by atoms with Gasteiger partial charge in [0.2, 0.25) is 0 Å². The molecule has 0 radical (unpaired) electrons. The number of rotatable bonds is 3. The Balaban J connectivity index is 2.39. The molecule has 0 bridgehead atoms. The predicted octanol–water partition coefficient (Wildman–Crippen LogP) is 2.40. The Morgan fingerprint density at radius 2 is 2.10 bits per heavy atom. The van der Waals surface area contributed by atoms with Gasteiger partial charge in [-0.3, -0.25) is 4.79 Å². The summed E-state index contributed by atoms with van der Waals surface area (Å²) in [5.74, 6) is 0.177. The van der Waals surface area contributed by atoms with Gasteiger partial charge >= 0.3 is 6.09 Å². The van der Waals surface area contributed by atoms with Crippen LogP contribution in [0.25, 0.3) is 0 Å². The van der Waals surface area contributed by atoms with E-state index in [4.69, 9.17) is 19.9 Å². The minimum Gasteiger partial charge on any atom is -0.491 e. The Hall–Kier alpha value is -2.74. The number of nitrogens with zero attached hydrogens (tertiary/aromatic N) is 2. The van der Waals surface area contributed by atoms with E-state index in [0.29, 0.717) is 30.1 Å². The zero-order chi connectivity index (χ0) is 21.6. The lowest BCUT2D eigenvalue weighted by atomic mass is 10.0. The second kappa shape index (κ2) is 10.2. The summed E-state index contributed by atoms with van der Waals surface area (Å²) in [5.41, 5.74) is 6.74. The lowest BCUT2D eigenvalue weighted by Crippen LogP contribution is -2.48. The van der Waals surface area contributed by atoms with Gasteiger partial charge in [0.1, 0.15) is 19.0 Å². The zero-order valence-electron chi connectivity index (χ0n) is 17.6. The topological polar surface area (TPSA) is 94.3 Å². The second-order valence-electron chi connectivity index (χ2n) is 7.37. The van der Waals surface area contributed by atoms with Crippen molar-refractivity contribution >= 4 is 17.7 Å². The highest BCUT2D eigenvalue weighted by atomic mass is 16.6. The predicted molar refractivity (Wildman–Crippen MR) is 111 cm³/mol. The van der Waals surface area contributed by atoms with Crippen LogP contribution in [0.3, 0.4) is 0 Å². The van der Waals surface area contributed by atoms with Gasteiger partial charge < -0.3 is 29.7 Å². The van der Waals surface area contributed by atoms with Gasteiger partial charge in [0, 0.05) is 38.9 Å². The fourth-order valence-corrected chi connectivity index (χ4v) is 3.26. The van der Waals surface area contributed by atoms with Crippen molar-refractivity contribution in [2.45, 2.75) is 26.0 Å². The molecule has 0 unspecified atom stereocenters. The molecule has 1 aliphatic heterocycles. The van der Waals surface area contributed by atoms with Gasteiger partial charge in [-0.25, -0.2) is 4.79 Å². The summed E-state index contributed by atoms with van der Waals surface area (Å²) in [4.78, 5) is 28.8. The first kappa shape index (κ1) is 22.5. The molecule has 0 aromatic heterocycles. The van der Waals surface area contributed by atoms with Crippen LogP contribution >= 0.6 is 0 Å². The average molecular weight is 405 g/mol. The van der Waals surface area contributed by atoms with E-state index in [2.05, 4.69) is 6.58 Å². The van der Waals surface area contributed by atoms with Crippen molar-refractivity contribution in [1.29, 1.82) is 0 Å². The Morgan fingerprint density at radius 3 is 2.76 bits per heavy atom. The molecule has 8 heteroatoms. The maximum Gasteiger partial charge on any atom is 0.410 e. The molecule has 0 aliphatic carbocycles. The van der Waals surface area contributed by atoms with E-state index in [1.807, 2.05) is 13.8 Å². The zero-order valence-corrected chi connectivity index (χ0v) is 17.6. The quantitative estimate of drug-likeness (QED) is 0.613. The number of methoxy groups -OCH3 is 1. The number of benzene rings is 1. The molecule has 0 fully saturated rings. The number of hydrogen-bond acceptors (Lipinski definition) is 6. The van der Waals surface area contributed by atoms with Crippen LogP contribution in [0.1, 0.15) is 24.2 Å². The van der Waals surface area contributed by atoms with E-state index in [1.165, 1.54) is 6.08 Å². The molecule has 2 amide bonds. The summed E-state index contributed by atoms with van der Waals surface area (Å²) < 4.78 is 16.8. The maximum absolute atomic E-state index is 13.0. The largest absolute Gasteiger partial charge is 0.491 e. The first-order valence-electron chi connectivity index (χ1n) is 9.63. The second-order valence-corrected chi connectivity index (χ2v) is 7.37. The highest BCUT2D eigenvalue weighted by Gasteiger charge is 2.30. The van der Waals surface area contributed by atoms with Crippen molar-refractivity contribution in [3.8, 4) is 5.75 Å². The number of nitrogen functional groups attached to an aromatic ring is 1. The normalized spacial score (nSPS) is 23.3. The van der Waals surface area contributed by atoms with Gasteiger partial charge in [0.05, 0.1) is 17.7 Å². The number of fused-ring (bicyclic) bond motifs is 1. The number of nitrogens with two attached hydrogens (primary N) is 1. The van der Waals surface area contributed by atoms with Crippen LogP contribution in [0, 0.1) is 5.92 Å². The van der Waals surface area contributed by atoms with Gasteiger partial charge in [-0.15, -0.1) is 0 Å². The fraction of sp³-hybridized carbons (Fsp3) is 0.524. The van der Waals surface area contributed by atoms with Crippen molar-refractivity contribution in [3.05, 3.63) is 36.4 Å². The Labute approximate surface area is 172 Å². The molecule has 1 aromatic carbocycles. The smallest absolute Gasteiger partial charge is 0.410 e. The third kappa shape index (κ3) is 5.63. The number of likely N-dealkylation sites (N-methyl/N-ethyl adjacent to an activating group) is 1. The molecule has 0 saturated heterocycles. The summed E-state index contributed by atoms with van der Waals surface area (Å²) in [6.45, 7) is 8.51. The van der Waals surface area contributed by atoms with Crippen molar-refractivity contribution < 1.29 is 23.8 Å². The number of amides is 2. The first-order chi connectivity index (χ1) is 13.8. The van der Waals surface area contributed by atoms with Gasteiger partial charge in [-0.05, 0) is 25.1 Å². The molecule has 160 valence electrons. The molecule has 1 heterocycles. The van der Waals surface area contributed by atoms with Crippen LogP contribution in [0.5, 0.6) is 5.75 Å². The Morgan fingerprint density at radius 1 is 1.38 bits per heavy atom. The highest BCUT2D eigenvalue weighted by Crippen LogP contribution is 2.25. The van der Waals surface area contributed by atoms with Gasteiger partial charge in [-0.2, -0.15) is 0 Å². The van der Waals surface area contributed by atoms with Gasteiger partial charge in [0.25, 0.3) is 5.91 Å². The molecule has 1 aromatic rings. The monoisotopic (exact) mass is 405 g/mol. The average Bonchev–Trinajstić information content (AvgIpc) is 2.71. The van der Waals surface area contributed by atoms with E-state index in [-0.39, 0.29) is 37.2 Å². The summed E-state index contributed by atoms with van der Waals surface area (Å²) in [5, 5.41) is 0. The van der Waals surface area contributed by atoms with Crippen molar-refractivity contribution in [2.75, 3.05) is 46.2 Å². The Kier molecular flexibility index (Phi) is 7.90. The van der Waals surface area contributed by atoms with E-state index >= 15 is 0 Å². The van der Waals surface area contributed by atoms with Crippen molar-refractivity contribution in [2.24, 2.45) is 5.92 Å². The van der Waals surface area contributed by atoms with Crippen molar-refractivity contribution in [1.82, 2.24) is 9.80 Å². The van der Waals surface area contributed by atoms with E-state index in [9.17, 15) is 9.59 Å². The van der Waals surface area contributed by atoms with Crippen LogP contribution in [-0.2, 0) is 9.47 Å². The molecule has 3 atom stereocenters. The summed E-state index contributed by atoms with van der Waals surface area (Å²) in [6.07, 6.45) is 0.815. The van der Waals surface area contributed by atoms with Crippen LogP contribution < -0.4 is 10.5 Å². The summed E-state index contributed by atoms with van der Waals surface area (Å²) in [7, 11) is 3.31.